The van der Waals surface area contributed by atoms with E-state index in [2.05, 4.69) is 62.0 Å². The molecule has 0 saturated heterocycles. The Labute approximate surface area is 404 Å². The third kappa shape index (κ3) is 11.7. The second-order valence-electron chi connectivity index (χ2n) is 19.4. The fourth-order valence-corrected chi connectivity index (χ4v) is 10.1. The third-order valence-corrected chi connectivity index (χ3v) is 14.2. The van der Waals surface area contributed by atoms with Crippen molar-refractivity contribution in [1.82, 2.24) is 19.9 Å². The first-order valence-corrected chi connectivity index (χ1v) is 24.0. The number of methoxy groups -OCH3 is 1. The Morgan fingerprint density at radius 1 is 0.908 bits per heavy atom. The minimum absolute atomic E-state index is 0. The molecule has 6 rings (SSSR count). The summed E-state index contributed by atoms with van der Waals surface area (Å²) < 4.78 is 11.1. The van der Waals surface area contributed by atoms with Crippen molar-refractivity contribution in [1.29, 1.82) is 0 Å². The van der Waals surface area contributed by atoms with Gasteiger partial charge in [-0.1, -0.05) is 134 Å². The second kappa shape index (κ2) is 23.1. The van der Waals surface area contributed by atoms with Gasteiger partial charge in [-0.15, -0.1) is 22.1 Å². The quantitative estimate of drug-likeness (QED) is 0.0509. The molecule has 0 amide bonds. The molecule has 65 heavy (non-hydrogen) atoms. The molecule has 10 heteroatoms. The summed E-state index contributed by atoms with van der Waals surface area (Å²) in [7, 11) is 1.32. The van der Waals surface area contributed by atoms with Crippen LogP contribution in [0.15, 0.2) is 42.4 Å². The molecule has 8 bridgehead atoms. The van der Waals surface area contributed by atoms with Gasteiger partial charge in [-0.25, -0.2) is 4.98 Å². The molecule has 5 heterocycles. The number of aliphatic hydroxyl groups is 1. The van der Waals surface area contributed by atoms with E-state index < -0.39 is 12.0 Å². The first-order valence-electron chi connectivity index (χ1n) is 24.0. The summed E-state index contributed by atoms with van der Waals surface area (Å²) in [4.78, 5) is 34.0. The molecular formula is C55H73MgN4O5-. The van der Waals surface area contributed by atoms with Crippen LogP contribution in [0.1, 0.15) is 201 Å². The van der Waals surface area contributed by atoms with E-state index >= 15 is 0 Å². The SMILES string of the molecule is C=Cc1c(C)c2cc3nc(c4c5[n-]c(cc6nc(cc1[n-]2)C(C)=C6CC)c(C)c5C(O)/C4=C(/[O-])OC)[C@@H](CCC(=O)OC/C=C(\C)CCC[C@H](C)CCC[C@H](C)CCCC(C)C)[C@@H]3C.[Mg+2]. The molecule has 1 aliphatic carbocycles. The maximum Gasteiger partial charge on any atom is 2.00 e. The Morgan fingerprint density at radius 2 is 1.55 bits per heavy atom. The van der Waals surface area contributed by atoms with E-state index in [4.69, 9.17) is 29.4 Å². The van der Waals surface area contributed by atoms with Gasteiger partial charge in [-0.3, -0.25) is 9.78 Å². The minimum atomic E-state index is -1.26. The van der Waals surface area contributed by atoms with Gasteiger partial charge >= 0.3 is 29.0 Å². The zero-order valence-corrected chi connectivity index (χ0v) is 42.7. The molecule has 0 radical (unpaired) electrons. The molecular weight excluding hydrogens is 821 g/mol. The third-order valence-electron chi connectivity index (χ3n) is 14.2. The maximum atomic E-state index is 13.6. The van der Waals surface area contributed by atoms with Crippen molar-refractivity contribution < 1.29 is 24.5 Å². The Hall–Kier alpha value is -4.12. The predicted molar refractivity (Wildman–Crippen MR) is 266 cm³/mol. The van der Waals surface area contributed by atoms with Gasteiger partial charge in [0, 0.05) is 29.5 Å². The van der Waals surface area contributed by atoms with Crippen LogP contribution in [0.25, 0.3) is 44.9 Å². The average Bonchev–Trinajstić information content (AvgIpc) is 3.99. The fraction of sp³-hybridized carbons (Fsp3) is 0.545. The molecule has 3 aromatic heterocycles. The minimum Gasteiger partial charge on any atom is -0.657 e. The topological polar surface area (TPSA) is 133 Å². The Balaban J connectivity index is 0.00000793. The molecule has 1 unspecified atom stereocenters. The van der Waals surface area contributed by atoms with Crippen molar-refractivity contribution in [3.63, 3.8) is 0 Å². The summed E-state index contributed by atoms with van der Waals surface area (Å²) in [6.45, 7) is 26.1. The van der Waals surface area contributed by atoms with Gasteiger partial charge in [0.25, 0.3) is 0 Å². The molecule has 0 saturated carbocycles. The molecule has 9 nitrogen and oxygen atoms in total. The van der Waals surface area contributed by atoms with Crippen LogP contribution in [0.3, 0.4) is 0 Å². The van der Waals surface area contributed by atoms with Crippen molar-refractivity contribution in [3.8, 4) is 0 Å². The fourth-order valence-electron chi connectivity index (χ4n) is 10.1. The van der Waals surface area contributed by atoms with E-state index in [1.165, 1.54) is 57.6 Å². The number of aryl methyl sites for hydroxylation is 2. The Kier molecular flexibility index (Phi) is 18.4. The summed E-state index contributed by atoms with van der Waals surface area (Å²) >= 11 is 0. The van der Waals surface area contributed by atoms with Crippen LogP contribution in [0.2, 0.25) is 0 Å². The van der Waals surface area contributed by atoms with Crippen LogP contribution in [0, 0.1) is 31.6 Å². The van der Waals surface area contributed by atoms with Gasteiger partial charge in [0.2, 0.25) is 0 Å². The first kappa shape index (κ1) is 51.9. The van der Waals surface area contributed by atoms with Gasteiger partial charge in [0.1, 0.15) is 12.7 Å². The number of aromatic nitrogens is 4. The van der Waals surface area contributed by atoms with Crippen LogP contribution in [-0.2, 0) is 14.3 Å². The van der Waals surface area contributed by atoms with Crippen molar-refractivity contribution >= 4 is 73.9 Å². The summed E-state index contributed by atoms with van der Waals surface area (Å²) in [5, 5.41) is 25.5. The monoisotopic (exact) mass is 894 g/mol. The van der Waals surface area contributed by atoms with E-state index in [-0.39, 0.29) is 59.5 Å². The van der Waals surface area contributed by atoms with Gasteiger partial charge in [0.05, 0.1) is 23.0 Å². The summed E-state index contributed by atoms with van der Waals surface area (Å²) in [5.74, 6) is 0.933. The van der Waals surface area contributed by atoms with Crippen molar-refractivity contribution in [2.45, 2.75) is 164 Å². The van der Waals surface area contributed by atoms with Crippen molar-refractivity contribution in [2.24, 2.45) is 17.8 Å². The molecule has 1 N–H and O–H groups in total. The van der Waals surface area contributed by atoms with E-state index in [1.54, 1.807) is 0 Å². The van der Waals surface area contributed by atoms with Crippen LogP contribution < -0.4 is 15.1 Å². The number of carbonyl (C=O) groups excluding carboxylic acids is 1. The number of rotatable bonds is 20. The molecule has 0 spiro atoms. The van der Waals surface area contributed by atoms with Gasteiger partial charge in [-0.2, -0.15) is 0 Å². The Bertz CT molecular complexity index is 2470. The predicted octanol–water partition coefficient (Wildman–Crippen LogP) is 12.1. The van der Waals surface area contributed by atoms with Crippen molar-refractivity contribution in [3.05, 3.63) is 93.0 Å². The molecule has 2 aliphatic heterocycles. The van der Waals surface area contributed by atoms with Crippen LogP contribution in [-0.4, -0.2) is 57.8 Å². The number of carbonyl (C=O) groups is 1. The van der Waals surface area contributed by atoms with Crippen LogP contribution in [0.5, 0.6) is 0 Å². The number of aliphatic hydroxyl groups excluding tert-OH is 1. The van der Waals surface area contributed by atoms with Crippen LogP contribution in [0.4, 0.5) is 0 Å². The van der Waals surface area contributed by atoms with E-state index in [1.807, 2.05) is 44.2 Å². The number of fused-ring (bicyclic) bond motifs is 8. The van der Waals surface area contributed by atoms with E-state index in [0.717, 1.165) is 87.1 Å². The number of nitrogens with zero attached hydrogens (tertiary/aromatic N) is 4. The zero-order valence-electron chi connectivity index (χ0n) is 41.3. The molecule has 5 atom stereocenters. The number of esters is 1. The zero-order chi connectivity index (χ0) is 46.4. The maximum absolute atomic E-state index is 13.6. The summed E-state index contributed by atoms with van der Waals surface area (Å²) in [6.07, 6.45) is 15.2. The van der Waals surface area contributed by atoms with Gasteiger partial charge in [-0.05, 0) is 112 Å². The number of allylic oxidation sites excluding steroid dienone is 3. The molecule has 346 valence electrons. The average molecular weight is 895 g/mol. The van der Waals surface area contributed by atoms with Crippen molar-refractivity contribution in [2.75, 3.05) is 13.7 Å². The van der Waals surface area contributed by atoms with E-state index in [9.17, 15) is 15.0 Å². The van der Waals surface area contributed by atoms with Crippen LogP contribution >= 0.6 is 0 Å². The molecule has 0 aromatic carbocycles. The normalized spacial score (nSPS) is 18.8. The van der Waals surface area contributed by atoms with Gasteiger partial charge in [0.15, 0.2) is 0 Å². The van der Waals surface area contributed by atoms with Gasteiger partial charge < -0.3 is 29.7 Å². The largest absolute Gasteiger partial charge is 2.00 e. The molecule has 3 aliphatic rings. The first-order chi connectivity index (χ1) is 30.6. The number of hydrogen-bond donors (Lipinski definition) is 1. The number of hydrogen-bond acceptors (Lipinski definition) is 7. The standard InChI is InChI=1S/C55H74N4O5.Mg/c1-13-39-35(8)42-28-44-37(10)41(24-25-48(60)64-27-26-34(7)23-17-22-33(6)21-16-20-32(5)19-15-18-31(3)4)52(58-44)50-51(55(62)63-12)54(61)49-38(11)45(59-53(49)50)30-47-40(14-2)36(9)43(57-47)29-46(39)56-42;/h13,26,28-33,37,41,54,61H,1,14-25,27H2,2-12H3,(H-2,56,57,58,59,62);/q-2;+2/p-1/b34-26+;/t32-,33-,37+,41+,54?;/m1./s1. The second-order valence-corrected chi connectivity index (χ2v) is 19.4. The number of ether oxygens (including phenoxy) is 2. The smallest absolute Gasteiger partial charge is 0.657 e. The molecule has 0 fully saturated rings. The van der Waals surface area contributed by atoms with E-state index in [0.29, 0.717) is 40.2 Å². The molecule has 3 aromatic rings. The Morgan fingerprint density at radius 3 is 2.20 bits per heavy atom. The summed E-state index contributed by atoms with van der Waals surface area (Å²) in [5.41, 5.74) is 12.9. The summed E-state index contributed by atoms with van der Waals surface area (Å²) in [6, 6.07) is 6.00.